The molecule has 2 aliphatic rings. The van der Waals surface area contributed by atoms with E-state index in [4.69, 9.17) is 9.84 Å². The second-order valence-corrected chi connectivity index (χ2v) is 9.93. The van der Waals surface area contributed by atoms with Gasteiger partial charge in [-0.2, -0.15) is 0 Å². The Hall–Kier alpha value is -3.55. The van der Waals surface area contributed by atoms with Gasteiger partial charge in [-0.3, -0.25) is 9.78 Å². The molecule has 2 aromatic heterocycles. The first-order valence-electron chi connectivity index (χ1n) is 12.4. The van der Waals surface area contributed by atoms with Crippen LogP contribution in [0.3, 0.4) is 0 Å². The van der Waals surface area contributed by atoms with E-state index < -0.39 is 6.09 Å². The average Bonchev–Trinajstić information content (AvgIpc) is 3.58. The lowest BCUT2D eigenvalue weighted by atomic mass is 9.91. The molecule has 35 heavy (non-hydrogen) atoms. The molecule has 0 unspecified atom stereocenters. The molecule has 3 aromatic rings. The topological polar surface area (TPSA) is 116 Å². The molecular weight excluding hydrogens is 444 g/mol. The van der Waals surface area contributed by atoms with Gasteiger partial charge in [-0.05, 0) is 76.5 Å². The molecule has 8 nitrogen and oxygen atoms in total. The Labute approximate surface area is 204 Å². The van der Waals surface area contributed by atoms with Crippen LogP contribution in [0.5, 0.6) is 5.75 Å². The molecule has 4 N–H and O–H groups in total. The third-order valence-corrected chi connectivity index (χ3v) is 7.09. The summed E-state index contributed by atoms with van der Waals surface area (Å²) in [5, 5.41) is 14.6. The minimum absolute atomic E-state index is 0.0149. The lowest BCUT2D eigenvalue weighted by molar-refractivity contribution is 0.0924. The van der Waals surface area contributed by atoms with Crippen molar-refractivity contribution in [2.24, 2.45) is 5.92 Å². The Morgan fingerprint density at radius 1 is 1.03 bits per heavy atom. The Kier molecular flexibility index (Phi) is 6.36. The van der Waals surface area contributed by atoms with Gasteiger partial charge < -0.3 is 25.5 Å². The molecule has 0 atom stereocenters. The zero-order valence-corrected chi connectivity index (χ0v) is 20.2. The molecule has 0 spiro atoms. The van der Waals surface area contributed by atoms with Crippen LogP contribution in [-0.4, -0.2) is 45.8 Å². The number of carbonyl (C=O) groups is 2. The van der Waals surface area contributed by atoms with Crippen LogP contribution in [0.2, 0.25) is 0 Å². The van der Waals surface area contributed by atoms with Gasteiger partial charge in [0, 0.05) is 35.1 Å². The van der Waals surface area contributed by atoms with Crippen LogP contribution in [0.15, 0.2) is 30.5 Å². The highest BCUT2D eigenvalue weighted by Gasteiger charge is 2.27. The summed E-state index contributed by atoms with van der Waals surface area (Å²) in [5.41, 5.74) is 5.90. The number of fused-ring (bicyclic) bond motifs is 1. The SMILES string of the molecule is Cc1ccc(OCC2CC2)c(-c2ccnc3c(C(=O)N[C@H]4CC[C@@H](NC(=O)O)CC4)c(C)[nH]c23)c1. The number of hydrogen-bond donors (Lipinski definition) is 4. The fraction of sp³-hybridized carbons (Fsp3) is 0.444. The summed E-state index contributed by atoms with van der Waals surface area (Å²) in [6.45, 7) is 4.69. The highest BCUT2D eigenvalue weighted by atomic mass is 16.5. The van der Waals surface area contributed by atoms with E-state index in [0.29, 0.717) is 29.8 Å². The number of benzene rings is 1. The number of carbonyl (C=O) groups excluding carboxylic acids is 1. The Balaban J connectivity index is 1.40. The van der Waals surface area contributed by atoms with Gasteiger partial charge in [-0.15, -0.1) is 0 Å². The number of amides is 2. The second kappa shape index (κ2) is 9.60. The van der Waals surface area contributed by atoms with E-state index in [1.165, 1.54) is 12.8 Å². The lowest BCUT2D eigenvalue weighted by Crippen LogP contribution is -2.43. The molecule has 0 aliphatic heterocycles. The van der Waals surface area contributed by atoms with Gasteiger partial charge in [0.15, 0.2) is 0 Å². The number of aryl methyl sites for hydroxylation is 2. The highest BCUT2D eigenvalue weighted by molar-refractivity contribution is 6.09. The van der Waals surface area contributed by atoms with E-state index in [-0.39, 0.29) is 18.0 Å². The largest absolute Gasteiger partial charge is 0.493 e. The normalized spacial score (nSPS) is 19.9. The molecule has 2 amide bonds. The van der Waals surface area contributed by atoms with Crippen molar-refractivity contribution < 1.29 is 19.4 Å². The van der Waals surface area contributed by atoms with Gasteiger partial charge in [0.25, 0.3) is 5.91 Å². The molecule has 8 heteroatoms. The number of rotatable bonds is 7. The number of carboxylic acid groups (broad SMARTS) is 1. The van der Waals surface area contributed by atoms with E-state index >= 15 is 0 Å². The molecule has 2 fully saturated rings. The third kappa shape index (κ3) is 5.11. The maximum absolute atomic E-state index is 13.3. The Morgan fingerprint density at radius 3 is 2.43 bits per heavy atom. The van der Waals surface area contributed by atoms with E-state index in [1.54, 1.807) is 6.20 Å². The molecule has 5 rings (SSSR count). The standard InChI is InChI=1S/C27H32N4O4/c1-15-3-10-22(35-14-17-4-5-17)21(13-15)20-11-12-28-25-23(16(2)29-24(20)25)26(32)30-18-6-8-19(9-7-18)31-27(33)34/h3,10-13,17-19,29,31H,4-9,14H2,1-2H3,(H,30,32)(H,33,34)/t18-,19+. The summed E-state index contributed by atoms with van der Waals surface area (Å²) in [4.78, 5) is 32.2. The molecule has 0 radical (unpaired) electrons. The summed E-state index contributed by atoms with van der Waals surface area (Å²) in [6.07, 6.45) is 6.11. The van der Waals surface area contributed by atoms with Crippen molar-refractivity contribution in [2.45, 2.75) is 64.5 Å². The number of H-pyrrole nitrogens is 1. The minimum atomic E-state index is -0.997. The zero-order valence-electron chi connectivity index (χ0n) is 20.2. The summed E-state index contributed by atoms with van der Waals surface area (Å²) in [5.74, 6) is 1.35. The first kappa shape index (κ1) is 23.2. The van der Waals surface area contributed by atoms with Gasteiger partial charge >= 0.3 is 6.09 Å². The molecule has 0 saturated heterocycles. The van der Waals surface area contributed by atoms with Crippen molar-refractivity contribution in [1.82, 2.24) is 20.6 Å². The van der Waals surface area contributed by atoms with Crippen molar-refractivity contribution in [2.75, 3.05) is 6.61 Å². The lowest BCUT2D eigenvalue weighted by Gasteiger charge is -2.28. The van der Waals surface area contributed by atoms with E-state index in [1.807, 2.05) is 19.1 Å². The maximum Gasteiger partial charge on any atom is 0.404 e. The first-order chi connectivity index (χ1) is 16.9. The highest BCUT2D eigenvalue weighted by Crippen LogP contribution is 2.38. The van der Waals surface area contributed by atoms with Crippen LogP contribution in [-0.2, 0) is 0 Å². The maximum atomic E-state index is 13.3. The molecule has 184 valence electrons. The van der Waals surface area contributed by atoms with E-state index in [2.05, 4.69) is 39.7 Å². The molecule has 0 bridgehead atoms. The van der Waals surface area contributed by atoms with Crippen LogP contribution >= 0.6 is 0 Å². The molecule has 2 saturated carbocycles. The van der Waals surface area contributed by atoms with Gasteiger partial charge in [0.2, 0.25) is 0 Å². The second-order valence-electron chi connectivity index (χ2n) is 9.93. The predicted molar refractivity (Wildman–Crippen MR) is 134 cm³/mol. The zero-order chi connectivity index (χ0) is 24.5. The van der Waals surface area contributed by atoms with Crippen molar-refractivity contribution in [3.63, 3.8) is 0 Å². The van der Waals surface area contributed by atoms with Gasteiger partial charge in [-0.1, -0.05) is 11.6 Å². The van der Waals surface area contributed by atoms with E-state index in [0.717, 1.165) is 53.1 Å². The Morgan fingerprint density at radius 2 is 1.74 bits per heavy atom. The smallest absolute Gasteiger partial charge is 0.404 e. The molecule has 1 aromatic carbocycles. The van der Waals surface area contributed by atoms with E-state index in [9.17, 15) is 9.59 Å². The van der Waals surface area contributed by atoms with Gasteiger partial charge in [0.05, 0.1) is 17.7 Å². The molecule has 2 aliphatic carbocycles. The summed E-state index contributed by atoms with van der Waals surface area (Å²) in [7, 11) is 0. The fourth-order valence-corrected chi connectivity index (χ4v) is 4.99. The Bertz CT molecular complexity index is 1260. The van der Waals surface area contributed by atoms with Crippen molar-refractivity contribution in [1.29, 1.82) is 0 Å². The van der Waals surface area contributed by atoms with Crippen molar-refractivity contribution in [3.8, 4) is 16.9 Å². The van der Waals surface area contributed by atoms with Crippen LogP contribution < -0.4 is 15.4 Å². The first-order valence-corrected chi connectivity index (χ1v) is 12.4. The number of aromatic amines is 1. The number of aromatic nitrogens is 2. The molecular formula is C27H32N4O4. The third-order valence-electron chi connectivity index (χ3n) is 7.09. The number of nitrogens with one attached hydrogen (secondary N) is 3. The molecule has 2 heterocycles. The van der Waals surface area contributed by atoms with Gasteiger partial charge in [-0.25, -0.2) is 4.79 Å². The van der Waals surface area contributed by atoms with Crippen molar-refractivity contribution >= 4 is 23.0 Å². The summed E-state index contributed by atoms with van der Waals surface area (Å²) < 4.78 is 6.18. The monoisotopic (exact) mass is 476 g/mol. The number of hydrogen-bond acceptors (Lipinski definition) is 4. The van der Waals surface area contributed by atoms with Gasteiger partial charge in [0.1, 0.15) is 11.3 Å². The van der Waals surface area contributed by atoms with Crippen LogP contribution in [0.25, 0.3) is 22.2 Å². The van der Waals surface area contributed by atoms with Crippen LogP contribution in [0.4, 0.5) is 4.79 Å². The number of ether oxygens (including phenoxy) is 1. The summed E-state index contributed by atoms with van der Waals surface area (Å²) >= 11 is 0. The number of pyridine rings is 1. The average molecular weight is 477 g/mol. The fourth-order valence-electron chi connectivity index (χ4n) is 4.99. The minimum Gasteiger partial charge on any atom is -0.493 e. The predicted octanol–water partition coefficient (Wildman–Crippen LogP) is 4.94. The number of nitrogens with zero attached hydrogens (tertiary/aromatic N) is 1. The van der Waals surface area contributed by atoms with Crippen LogP contribution in [0.1, 0.15) is 60.1 Å². The van der Waals surface area contributed by atoms with Crippen LogP contribution in [0, 0.1) is 19.8 Å². The summed E-state index contributed by atoms with van der Waals surface area (Å²) in [6, 6.07) is 8.14. The van der Waals surface area contributed by atoms with Crippen molar-refractivity contribution in [3.05, 3.63) is 47.3 Å². The quantitative estimate of drug-likeness (QED) is 0.385.